The first kappa shape index (κ1) is 40.1. The molecular weight excluding hydrogens is 733 g/mol. The minimum absolute atomic E-state index is 0.0336. The minimum Gasteiger partial charge on any atom is -0.368 e. The number of ether oxygens (including phenoxy) is 5. The largest absolute Gasteiger partial charge is 0.368 e. The van der Waals surface area contributed by atoms with E-state index in [0.29, 0.717) is 0 Å². The van der Waals surface area contributed by atoms with Crippen molar-refractivity contribution in [2.24, 2.45) is 0 Å². The summed E-state index contributed by atoms with van der Waals surface area (Å²) in [6.07, 6.45) is -3.18. The monoisotopic (exact) mass is 782 g/mol. The highest BCUT2D eigenvalue weighted by atomic mass is 16.7. The van der Waals surface area contributed by atoms with Gasteiger partial charge in [-0.2, -0.15) is 0 Å². The van der Waals surface area contributed by atoms with Crippen LogP contribution in [0.4, 0.5) is 0 Å². The van der Waals surface area contributed by atoms with Crippen molar-refractivity contribution < 1.29 is 28.8 Å². The van der Waals surface area contributed by atoms with Crippen LogP contribution in [-0.4, -0.2) is 41.9 Å². The Kier molecular flexibility index (Phi) is 13.2. The van der Waals surface area contributed by atoms with Gasteiger partial charge >= 0.3 is 0 Å². The molecule has 0 aliphatic carbocycles. The lowest BCUT2D eigenvalue weighted by atomic mass is 9.80. The highest BCUT2D eigenvalue weighted by molar-refractivity contribution is 5.47. The topological polar surface area (TPSA) is 66.4 Å². The average molecular weight is 783 g/mol. The van der Waals surface area contributed by atoms with Gasteiger partial charge in [0.1, 0.15) is 30.0 Å². The van der Waals surface area contributed by atoms with Gasteiger partial charge in [-0.25, -0.2) is 0 Å². The molecule has 0 amide bonds. The molecule has 8 rings (SSSR count). The molecule has 1 aliphatic heterocycles. The Morgan fingerprint density at radius 1 is 0.424 bits per heavy atom. The summed E-state index contributed by atoms with van der Waals surface area (Å²) in [5.41, 5.74) is 5.64. The van der Waals surface area contributed by atoms with E-state index in [9.17, 15) is 5.11 Å². The Morgan fingerprint density at radius 3 is 1.17 bits per heavy atom. The summed E-state index contributed by atoms with van der Waals surface area (Å²) in [6, 6.07) is 70.7. The van der Waals surface area contributed by atoms with Gasteiger partial charge in [0, 0.05) is 6.42 Å². The van der Waals surface area contributed by atoms with Gasteiger partial charge in [0.15, 0.2) is 5.79 Å². The number of aliphatic hydroxyl groups is 1. The van der Waals surface area contributed by atoms with Crippen molar-refractivity contribution in [3.8, 4) is 0 Å². The molecule has 5 atom stereocenters. The van der Waals surface area contributed by atoms with Crippen molar-refractivity contribution in [3.63, 3.8) is 0 Å². The molecule has 298 valence electrons. The number of hydrogen-bond donors (Lipinski definition) is 1. The van der Waals surface area contributed by atoms with E-state index >= 15 is 0 Å². The normalized spacial score (nSPS) is 20.6. The molecule has 7 aromatic carbocycles. The first-order chi connectivity index (χ1) is 29.1. The molecule has 0 bridgehead atoms. The van der Waals surface area contributed by atoms with Crippen LogP contribution in [0.15, 0.2) is 212 Å². The lowest BCUT2D eigenvalue weighted by Gasteiger charge is -2.51. The maximum absolute atomic E-state index is 13.1. The van der Waals surface area contributed by atoms with E-state index in [1.165, 1.54) is 0 Å². The maximum Gasteiger partial charge on any atom is 0.199 e. The Balaban J connectivity index is 1.24. The van der Waals surface area contributed by atoms with Crippen molar-refractivity contribution in [2.45, 2.75) is 62.0 Å². The van der Waals surface area contributed by atoms with Gasteiger partial charge in [0.2, 0.25) is 0 Å². The second-order valence-electron chi connectivity index (χ2n) is 15.0. The van der Waals surface area contributed by atoms with Crippen LogP contribution >= 0.6 is 0 Å². The molecular formula is C53H50O6. The van der Waals surface area contributed by atoms with Crippen LogP contribution in [-0.2, 0) is 55.5 Å². The fraction of sp³-hybridized carbons (Fsp3) is 0.208. The van der Waals surface area contributed by atoms with Gasteiger partial charge < -0.3 is 28.8 Å². The van der Waals surface area contributed by atoms with Gasteiger partial charge in [0.05, 0.1) is 26.4 Å². The van der Waals surface area contributed by atoms with Gasteiger partial charge in [-0.1, -0.05) is 212 Å². The SMILES string of the molecule is OC1(Cc2ccccc2)OC(COC(c2ccccc2)(c2ccccc2)c2ccccc2)C(OCc2ccccc2)C(OCc2ccccc2)C1OCc1ccccc1. The third-order valence-electron chi connectivity index (χ3n) is 10.9. The molecule has 0 saturated carbocycles. The third kappa shape index (κ3) is 9.62. The molecule has 6 nitrogen and oxygen atoms in total. The van der Waals surface area contributed by atoms with E-state index in [0.717, 1.165) is 38.9 Å². The third-order valence-corrected chi connectivity index (χ3v) is 10.9. The summed E-state index contributed by atoms with van der Waals surface area (Å²) in [5, 5.41) is 13.1. The second kappa shape index (κ2) is 19.4. The number of benzene rings is 7. The zero-order chi connectivity index (χ0) is 40.2. The van der Waals surface area contributed by atoms with Crippen molar-refractivity contribution in [1.29, 1.82) is 0 Å². The van der Waals surface area contributed by atoms with Crippen LogP contribution in [0.3, 0.4) is 0 Å². The van der Waals surface area contributed by atoms with Crippen LogP contribution in [0.25, 0.3) is 0 Å². The predicted molar refractivity (Wildman–Crippen MR) is 230 cm³/mol. The summed E-state index contributed by atoms with van der Waals surface area (Å²) in [6.45, 7) is 0.799. The Hall–Kier alpha value is -5.70. The summed E-state index contributed by atoms with van der Waals surface area (Å²) in [7, 11) is 0. The molecule has 6 heteroatoms. The van der Waals surface area contributed by atoms with Crippen molar-refractivity contribution in [3.05, 3.63) is 251 Å². The summed E-state index contributed by atoms with van der Waals surface area (Å²) in [4.78, 5) is 0. The zero-order valence-corrected chi connectivity index (χ0v) is 33.0. The smallest absolute Gasteiger partial charge is 0.199 e. The minimum atomic E-state index is -1.85. The van der Waals surface area contributed by atoms with Crippen LogP contribution in [0.5, 0.6) is 0 Å². The quantitative estimate of drug-likeness (QED) is 0.0929. The fourth-order valence-electron chi connectivity index (χ4n) is 8.07. The maximum atomic E-state index is 13.1. The van der Waals surface area contributed by atoms with Crippen LogP contribution < -0.4 is 0 Å². The first-order valence-electron chi connectivity index (χ1n) is 20.3. The van der Waals surface area contributed by atoms with Crippen molar-refractivity contribution in [1.82, 2.24) is 0 Å². The van der Waals surface area contributed by atoms with Crippen molar-refractivity contribution >= 4 is 0 Å². The molecule has 1 N–H and O–H groups in total. The standard InChI is InChI=1S/C53H50O6/c54-52(36-41-22-8-1-9-23-41)51(57-39-44-28-14-4-15-29-44)50(56-38-43-26-12-3-13-27-43)49(55-37-42-24-10-2-11-25-42)48(59-52)40-58-53(45-30-16-5-17-31-45,46-32-18-6-19-33-46)47-34-20-7-21-35-47/h1-35,48-51,54H,36-40H2. The molecule has 0 spiro atoms. The molecule has 7 aromatic rings. The Labute approximate surface area is 347 Å². The fourth-order valence-corrected chi connectivity index (χ4v) is 8.07. The zero-order valence-electron chi connectivity index (χ0n) is 33.0. The van der Waals surface area contributed by atoms with Crippen LogP contribution in [0.2, 0.25) is 0 Å². The molecule has 1 aliphatic rings. The van der Waals surface area contributed by atoms with Gasteiger partial charge in [-0.3, -0.25) is 0 Å². The molecule has 1 saturated heterocycles. The van der Waals surface area contributed by atoms with E-state index in [4.69, 9.17) is 23.7 Å². The Morgan fingerprint density at radius 2 is 0.763 bits per heavy atom. The first-order valence-corrected chi connectivity index (χ1v) is 20.3. The molecule has 1 fully saturated rings. The molecule has 0 aromatic heterocycles. The van der Waals surface area contributed by atoms with E-state index < -0.39 is 35.8 Å². The lowest BCUT2D eigenvalue weighted by molar-refractivity contribution is -0.371. The molecule has 1 heterocycles. The van der Waals surface area contributed by atoms with Gasteiger partial charge in [-0.05, 0) is 38.9 Å². The van der Waals surface area contributed by atoms with Crippen LogP contribution in [0.1, 0.15) is 38.9 Å². The number of rotatable bonds is 17. The van der Waals surface area contributed by atoms with Gasteiger partial charge in [-0.15, -0.1) is 0 Å². The Bertz CT molecular complexity index is 2160. The van der Waals surface area contributed by atoms with E-state index in [1.54, 1.807) is 0 Å². The highest BCUT2D eigenvalue weighted by Crippen LogP contribution is 2.43. The predicted octanol–water partition coefficient (Wildman–Crippen LogP) is 10.1. The molecule has 0 radical (unpaired) electrons. The number of hydrogen-bond acceptors (Lipinski definition) is 6. The highest BCUT2D eigenvalue weighted by Gasteiger charge is 2.57. The van der Waals surface area contributed by atoms with E-state index in [1.807, 2.05) is 176 Å². The van der Waals surface area contributed by atoms with E-state index in [-0.39, 0.29) is 32.8 Å². The van der Waals surface area contributed by atoms with Crippen LogP contribution in [0, 0.1) is 0 Å². The van der Waals surface area contributed by atoms with Gasteiger partial charge in [0.25, 0.3) is 0 Å². The summed E-state index contributed by atoms with van der Waals surface area (Å²) >= 11 is 0. The average Bonchev–Trinajstić information content (AvgIpc) is 3.30. The lowest BCUT2D eigenvalue weighted by Crippen LogP contribution is -2.68. The molecule has 59 heavy (non-hydrogen) atoms. The summed E-state index contributed by atoms with van der Waals surface area (Å²) in [5.74, 6) is -1.85. The van der Waals surface area contributed by atoms with E-state index in [2.05, 4.69) is 36.4 Å². The summed E-state index contributed by atoms with van der Waals surface area (Å²) < 4.78 is 35.2. The second-order valence-corrected chi connectivity index (χ2v) is 15.0. The molecule has 5 unspecified atom stereocenters. The van der Waals surface area contributed by atoms with Crippen molar-refractivity contribution in [2.75, 3.05) is 6.61 Å².